The summed E-state index contributed by atoms with van der Waals surface area (Å²) in [4.78, 5) is 21.5. The van der Waals surface area contributed by atoms with Crippen LogP contribution in [0.2, 0.25) is 0 Å². The molecule has 1 rings (SSSR count). The Morgan fingerprint density at radius 2 is 2.23 bits per heavy atom. The fraction of sp³-hybridized carbons (Fsp3) is 0.714. The highest BCUT2D eigenvalue weighted by Gasteiger charge is 2.41. The second-order valence-corrected chi connectivity index (χ2v) is 2.99. The number of aldehydes is 1. The monoisotopic (exact) mass is 193 g/mol. The summed E-state index contributed by atoms with van der Waals surface area (Å²) in [6, 6.07) is -1.21. The van der Waals surface area contributed by atoms with Gasteiger partial charge in [-0.05, 0) is 0 Å². The molecule has 1 fully saturated rings. The summed E-state index contributed by atoms with van der Waals surface area (Å²) in [5.41, 5.74) is 0. The van der Waals surface area contributed by atoms with Gasteiger partial charge in [-0.1, -0.05) is 0 Å². The zero-order valence-corrected chi connectivity index (χ0v) is 6.74. The van der Waals surface area contributed by atoms with Gasteiger partial charge in [0.15, 0.2) is 0 Å². The number of carbonyl (C=O) groups is 2. The van der Waals surface area contributed by atoms with Crippen LogP contribution in [0, 0.1) is 0 Å². The van der Waals surface area contributed by atoms with Gasteiger partial charge in [-0.3, -0.25) is 4.90 Å². The van der Waals surface area contributed by atoms with Crippen molar-refractivity contribution in [2.24, 2.45) is 0 Å². The Morgan fingerprint density at radius 1 is 1.62 bits per heavy atom. The molecule has 4 nitrogen and oxygen atoms in total. The van der Waals surface area contributed by atoms with Crippen molar-refractivity contribution < 1.29 is 23.5 Å². The standard InChI is InChI=1S/C7H9F2NO3/c8-7(9)1-2-10(6(12)13)5(3-7)4-11/h4-5H,1-3H2,(H,12,13). The third-order valence-corrected chi connectivity index (χ3v) is 2.03. The lowest BCUT2D eigenvalue weighted by Gasteiger charge is -2.34. The van der Waals surface area contributed by atoms with E-state index in [4.69, 9.17) is 5.11 Å². The van der Waals surface area contributed by atoms with Gasteiger partial charge in [-0.2, -0.15) is 0 Å². The zero-order chi connectivity index (χ0) is 10.1. The van der Waals surface area contributed by atoms with Gasteiger partial charge in [0.1, 0.15) is 6.29 Å². The normalized spacial score (nSPS) is 26.9. The fourth-order valence-corrected chi connectivity index (χ4v) is 1.33. The molecule has 0 spiro atoms. The Hall–Kier alpha value is -1.20. The van der Waals surface area contributed by atoms with Crippen LogP contribution in [0.5, 0.6) is 0 Å². The van der Waals surface area contributed by atoms with Crippen LogP contribution in [0.15, 0.2) is 0 Å². The van der Waals surface area contributed by atoms with Crippen molar-refractivity contribution in [2.45, 2.75) is 24.8 Å². The highest BCUT2D eigenvalue weighted by Crippen LogP contribution is 2.30. The Morgan fingerprint density at radius 3 is 2.69 bits per heavy atom. The van der Waals surface area contributed by atoms with Crippen molar-refractivity contribution in [1.82, 2.24) is 4.90 Å². The molecule has 0 radical (unpaired) electrons. The van der Waals surface area contributed by atoms with Crippen molar-refractivity contribution in [2.75, 3.05) is 6.54 Å². The molecule has 0 saturated carbocycles. The van der Waals surface area contributed by atoms with Crippen LogP contribution < -0.4 is 0 Å². The number of carbonyl (C=O) groups excluding carboxylic acids is 1. The molecule has 1 amide bonds. The van der Waals surface area contributed by atoms with E-state index in [0.717, 1.165) is 4.90 Å². The lowest BCUT2D eigenvalue weighted by Crippen LogP contribution is -2.50. The average Bonchev–Trinajstić information content (AvgIpc) is 2.01. The van der Waals surface area contributed by atoms with E-state index in [0.29, 0.717) is 0 Å². The largest absolute Gasteiger partial charge is 0.465 e. The minimum absolute atomic E-state index is 0.251. The molecule has 0 aromatic rings. The van der Waals surface area contributed by atoms with Crippen LogP contribution in [0.3, 0.4) is 0 Å². The predicted molar refractivity (Wildman–Crippen MR) is 38.8 cm³/mol. The van der Waals surface area contributed by atoms with Gasteiger partial charge in [0.25, 0.3) is 5.92 Å². The first kappa shape index (κ1) is 9.88. The van der Waals surface area contributed by atoms with Gasteiger partial charge in [-0.15, -0.1) is 0 Å². The maximum absolute atomic E-state index is 12.7. The van der Waals surface area contributed by atoms with Gasteiger partial charge in [-0.25, -0.2) is 13.6 Å². The second-order valence-electron chi connectivity index (χ2n) is 2.99. The van der Waals surface area contributed by atoms with Crippen LogP contribution in [-0.4, -0.2) is 40.9 Å². The van der Waals surface area contributed by atoms with E-state index in [1.54, 1.807) is 0 Å². The summed E-state index contributed by atoms with van der Waals surface area (Å²) in [6.45, 7) is -0.286. The van der Waals surface area contributed by atoms with E-state index in [-0.39, 0.29) is 12.8 Å². The number of rotatable bonds is 1. The lowest BCUT2D eigenvalue weighted by molar-refractivity contribution is -0.121. The molecule has 1 aliphatic rings. The summed E-state index contributed by atoms with van der Waals surface area (Å²) in [6.07, 6.45) is -2.29. The number of halogens is 2. The number of alkyl halides is 2. The van der Waals surface area contributed by atoms with Crippen LogP contribution in [0.1, 0.15) is 12.8 Å². The van der Waals surface area contributed by atoms with E-state index < -0.39 is 30.9 Å². The van der Waals surface area contributed by atoms with E-state index in [1.807, 2.05) is 0 Å². The Kier molecular flexibility index (Phi) is 2.49. The maximum Gasteiger partial charge on any atom is 0.407 e. The van der Waals surface area contributed by atoms with Crippen LogP contribution in [-0.2, 0) is 4.79 Å². The molecule has 0 aromatic carbocycles. The van der Waals surface area contributed by atoms with Crippen LogP contribution >= 0.6 is 0 Å². The van der Waals surface area contributed by atoms with E-state index >= 15 is 0 Å². The summed E-state index contributed by atoms with van der Waals surface area (Å²) in [7, 11) is 0. The molecule has 1 aliphatic heterocycles. The van der Waals surface area contributed by atoms with E-state index in [1.165, 1.54) is 0 Å². The summed E-state index contributed by atoms with van der Waals surface area (Å²) >= 11 is 0. The second kappa shape index (κ2) is 3.27. The molecule has 0 bridgehead atoms. The predicted octanol–water partition coefficient (Wildman–Crippen LogP) is 0.963. The molecule has 0 aromatic heterocycles. The highest BCUT2D eigenvalue weighted by atomic mass is 19.3. The molecule has 1 unspecified atom stereocenters. The summed E-state index contributed by atoms with van der Waals surface area (Å²) < 4.78 is 25.4. The van der Waals surface area contributed by atoms with Crippen LogP contribution in [0.25, 0.3) is 0 Å². The zero-order valence-electron chi connectivity index (χ0n) is 6.74. The Balaban J connectivity index is 2.71. The number of hydrogen-bond acceptors (Lipinski definition) is 2. The van der Waals surface area contributed by atoms with Gasteiger partial charge in [0, 0.05) is 19.4 Å². The molecule has 1 N–H and O–H groups in total. The number of hydrogen-bond donors (Lipinski definition) is 1. The summed E-state index contributed by atoms with van der Waals surface area (Å²) in [5, 5.41) is 8.53. The topological polar surface area (TPSA) is 57.6 Å². The first-order chi connectivity index (χ1) is 5.96. The molecule has 6 heteroatoms. The molecule has 1 heterocycles. The van der Waals surface area contributed by atoms with Gasteiger partial charge >= 0.3 is 6.09 Å². The third-order valence-electron chi connectivity index (χ3n) is 2.03. The minimum Gasteiger partial charge on any atom is -0.465 e. The maximum atomic E-state index is 12.7. The number of likely N-dealkylation sites (tertiary alicyclic amines) is 1. The fourth-order valence-electron chi connectivity index (χ4n) is 1.33. The van der Waals surface area contributed by atoms with Crippen molar-refractivity contribution in [3.05, 3.63) is 0 Å². The van der Waals surface area contributed by atoms with E-state index in [2.05, 4.69) is 0 Å². The Bertz CT molecular complexity index is 232. The minimum atomic E-state index is -2.92. The van der Waals surface area contributed by atoms with Crippen molar-refractivity contribution >= 4 is 12.4 Å². The molecule has 1 atom stereocenters. The molecule has 74 valence electrons. The van der Waals surface area contributed by atoms with Crippen molar-refractivity contribution in [1.29, 1.82) is 0 Å². The lowest BCUT2D eigenvalue weighted by atomic mass is 10.0. The molecular formula is C7H9F2NO3. The Labute approximate surface area is 73.1 Å². The number of amides is 1. The van der Waals surface area contributed by atoms with Crippen LogP contribution in [0.4, 0.5) is 13.6 Å². The van der Waals surface area contributed by atoms with E-state index in [9.17, 15) is 18.4 Å². The highest BCUT2D eigenvalue weighted by molar-refractivity contribution is 5.72. The first-order valence-electron chi connectivity index (χ1n) is 3.79. The molecular weight excluding hydrogens is 184 g/mol. The van der Waals surface area contributed by atoms with Crippen molar-refractivity contribution in [3.63, 3.8) is 0 Å². The molecule has 0 aliphatic carbocycles. The van der Waals surface area contributed by atoms with Gasteiger partial charge < -0.3 is 9.90 Å². The average molecular weight is 193 g/mol. The first-order valence-corrected chi connectivity index (χ1v) is 3.79. The number of piperidine rings is 1. The molecule has 13 heavy (non-hydrogen) atoms. The summed E-state index contributed by atoms with van der Waals surface area (Å²) in [5.74, 6) is -2.92. The quantitative estimate of drug-likeness (QED) is 0.631. The molecule has 1 saturated heterocycles. The van der Waals surface area contributed by atoms with Gasteiger partial charge in [0.05, 0.1) is 6.04 Å². The number of carboxylic acid groups (broad SMARTS) is 1. The third kappa shape index (κ3) is 2.13. The van der Waals surface area contributed by atoms with Crippen molar-refractivity contribution in [3.8, 4) is 0 Å². The number of nitrogens with zero attached hydrogens (tertiary/aromatic N) is 1. The SMILES string of the molecule is O=CC1CC(F)(F)CCN1C(=O)O. The smallest absolute Gasteiger partial charge is 0.407 e. The van der Waals surface area contributed by atoms with Gasteiger partial charge in [0.2, 0.25) is 0 Å².